The first-order valence-electron chi connectivity index (χ1n) is 2.73. The van der Waals surface area contributed by atoms with Gasteiger partial charge >= 0.3 is 0 Å². The van der Waals surface area contributed by atoms with E-state index in [1.165, 1.54) is 3.57 Å². The van der Waals surface area contributed by atoms with Gasteiger partial charge in [0.25, 0.3) is 0 Å². The minimum Gasteiger partial charge on any atom is -0.497 e. The van der Waals surface area contributed by atoms with E-state index in [4.69, 9.17) is 4.74 Å². The lowest BCUT2D eigenvalue weighted by Crippen LogP contribution is -1.82. The molecule has 0 aliphatic heterocycles. The van der Waals surface area contributed by atoms with Crippen LogP contribution >= 0.6 is 38.5 Å². The van der Waals surface area contributed by atoms with E-state index in [-0.39, 0.29) is 0 Å². The summed E-state index contributed by atoms with van der Waals surface area (Å²) in [6, 6.07) is 5.89. The highest BCUT2D eigenvalue weighted by Gasteiger charge is 1.96. The highest BCUT2D eigenvalue weighted by atomic mass is 127. The summed E-state index contributed by atoms with van der Waals surface area (Å²) in [5, 5.41) is 0. The summed E-state index contributed by atoms with van der Waals surface area (Å²) in [4.78, 5) is 0. The van der Waals surface area contributed by atoms with Gasteiger partial charge in [-0.15, -0.1) is 0 Å². The van der Waals surface area contributed by atoms with E-state index in [1.54, 1.807) is 7.11 Å². The average molecular weight is 313 g/mol. The first kappa shape index (κ1) is 8.33. The zero-order valence-electron chi connectivity index (χ0n) is 5.40. The predicted octanol–water partition coefficient (Wildman–Crippen LogP) is 3.06. The van der Waals surface area contributed by atoms with Gasteiger partial charge in [-0.2, -0.15) is 0 Å². The van der Waals surface area contributed by atoms with Gasteiger partial charge in [-0.25, -0.2) is 0 Å². The number of methoxy groups -OCH3 is 1. The zero-order valence-corrected chi connectivity index (χ0v) is 9.14. The predicted molar refractivity (Wildman–Crippen MR) is 53.4 cm³/mol. The Labute approximate surface area is 82.0 Å². The first-order chi connectivity index (χ1) is 4.74. The molecule has 1 rings (SSSR count). The van der Waals surface area contributed by atoms with E-state index in [9.17, 15) is 0 Å². The Hall–Kier alpha value is 0.230. The Bertz CT molecular complexity index is 237. The monoisotopic (exact) mass is 312 g/mol. The number of hydrogen-bond donors (Lipinski definition) is 0. The smallest absolute Gasteiger partial charge is 0.120 e. The van der Waals surface area contributed by atoms with Crippen molar-refractivity contribution < 1.29 is 4.74 Å². The Morgan fingerprint density at radius 2 is 2.20 bits per heavy atom. The minimum atomic E-state index is 0.882. The molecule has 3 heteroatoms. The molecule has 0 bridgehead atoms. The molecule has 0 spiro atoms. The zero-order chi connectivity index (χ0) is 7.56. The summed E-state index contributed by atoms with van der Waals surface area (Å²) >= 11 is 5.65. The largest absolute Gasteiger partial charge is 0.497 e. The van der Waals surface area contributed by atoms with E-state index >= 15 is 0 Å². The molecule has 0 aromatic heterocycles. The van der Waals surface area contributed by atoms with Gasteiger partial charge in [0.15, 0.2) is 0 Å². The van der Waals surface area contributed by atoms with E-state index in [0.717, 1.165) is 10.2 Å². The third-order valence-corrected chi connectivity index (χ3v) is 3.46. The Balaban J connectivity index is 3.04. The van der Waals surface area contributed by atoms with Gasteiger partial charge in [-0.1, -0.05) is 0 Å². The van der Waals surface area contributed by atoms with Crippen LogP contribution in [0, 0.1) is 3.57 Å². The number of halogens is 2. The molecule has 1 nitrogen and oxygen atoms in total. The van der Waals surface area contributed by atoms with Crippen LogP contribution in [0.1, 0.15) is 0 Å². The van der Waals surface area contributed by atoms with Gasteiger partial charge in [-0.05, 0) is 56.7 Å². The number of ether oxygens (including phenoxy) is 1. The average Bonchev–Trinajstić information content (AvgIpc) is 1.95. The SMILES string of the molecule is COc1ccc(I)c(Br)c1. The molecule has 0 amide bonds. The van der Waals surface area contributed by atoms with Crippen molar-refractivity contribution in [3.05, 3.63) is 26.2 Å². The quantitative estimate of drug-likeness (QED) is 0.724. The van der Waals surface area contributed by atoms with Crippen molar-refractivity contribution >= 4 is 38.5 Å². The van der Waals surface area contributed by atoms with Crippen molar-refractivity contribution in [1.82, 2.24) is 0 Å². The first-order valence-corrected chi connectivity index (χ1v) is 4.60. The molecule has 0 atom stereocenters. The van der Waals surface area contributed by atoms with Crippen molar-refractivity contribution in [3.63, 3.8) is 0 Å². The van der Waals surface area contributed by atoms with Crippen molar-refractivity contribution in [3.8, 4) is 5.75 Å². The summed E-state index contributed by atoms with van der Waals surface area (Å²) in [7, 11) is 1.66. The van der Waals surface area contributed by atoms with Crippen LogP contribution in [0.5, 0.6) is 5.75 Å². The fraction of sp³-hybridized carbons (Fsp3) is 0.143. The molecule has 10 heavy (non-hydrogen) atoms. The fourth-order valence-electron chi connectivity index (χ4n) is 0.604. The van der Waals surface area contributed by atoms with Crippen LogP contribution in [-0.2, 0) is 0 Å². The summed E-state index contributed by atoms with van der Waals surface area (Å²) in [6.07, 6.45) is 0. The highest BCUT2D eigenvalue weighted by molar-refractivity contribution is 14.1. The second-order valence-corrected chi connectivity index (χ2v) is 3.80. The van der Waals surface area contributed by atoms with Gasteiger partial charge in [0.2, 0.25) is 0 Å². The lowest BCUT2D eigenvalue weighted by atomic mass is 10.3. The summed E-state index contributed by atoms with van der Waals surface area (Å²) in [5.74, 6) is 0.882. The maximum atomic E-state index is 5.02. The van der Waals surface area contributed by atoms with Crippen LogP contribution in [-0.4, -0.2) is 7.11 Å². The fourth-order valence-corrected chi connectivity index (χ4v) is 1.30. The Kier molecular flexibility index (Phi) is 2.97. The van der Waals surface area contributed by atoms with Crippen molar-refractivity contribution in [2.75, 3.05) is 7.11 Å². The van der Waals surface area contributed by atoms with Crippen LogP contribution in [0.2, 0.25) is 0 Å². The molecule has 1 aromatic carbocycles. The molecule has 54 valence electrons. The van der Waals surface area contributed by atoms with Gasteiger partial charge in [0.1, 0.15) is 5.75 Å². The van der Waals surface area contributed by atoms with E-state index in [0.29, 0.717) is 0 Å². The van der Waals surface area contributed by atoms with Crippen LogP contribution in [0.15, 0.2) is 22.7 Å². The molecule has 0 aliphatic carbocycles. The molecule has 0 saturated carbocycles. The van der Waals surface area contributed by atoms with Crippen LogP contribution in [0.3, 0.4) is 0 Å². The maximum absolute atomic E-state index is 5.02. The minimum absolute atomic E-state index is 0.882. The molecule has 1 aromatic rings. The van der Waals surface area contributed by atoms with Crippen molar-refractivity contribution in [2.24, 2.45) is 0 Å². The molecular weight excluding hydrogens is 307 g/mol. The van der Waals surface area contributed by atoms with Crippen LogP contribution in [0.4, 0.5) is 0 Å². The second kappa shape index (κ2) is 3.57. The summed E-state index contributed by atoms with van der Waals surface area (Å²) < 4.78 is 7.29. The van der Waals surface area contributed by atoms with Crippen molar-refractivity contribution in [2.45, 2.75) is 0 Å². The van der Waals surface area contributed by atoms with E-state index < -0.39 is 0 Å². The van der Waals surface area contributed by atoms with Crippen LogP contribution < -0.4 is 4.74 Å². The number of hydrogen-bond acceptors (Lipinski definition) is 1. The molecule has 0 radical (unpaired) electrons. The second-order valence-electron chi connectivity index (χ2n) is 1.78. The molecule has 0 fully saturated rings. The molecule has 0 unspecified atom stereocenters. The van der Waals surface area contributed by atoms with Gasteiger partial charge < -0.3 is 4.74 Å². The molecule has 0 heterocycles. The standard InChI is InChI=1S/C7H6BrIO/c1-10-5-2-3-7(9)6(8)4-5/h2-4H,1H3. The highest BCUT2D eigenvalue weighted by Crippen LogP contribution is 2.23. The number of benzene rings is 1. The van der Waals surface area contributed by atoms with Gasteiger partial charge in [0, 0.05) is 8.04 Å². The lowest BCUT2D eigenvalue weighted by Gasteiger charge is -2.00. The third kappa shape index (κ3) is 1.85. The van der Waals surface area contributed by atoms with Gasteiger partial charge in [-0.3, -0.25) is 0 Å². The summed E-state index contributed by atoms with van der Waals surface area (Å²) in [6.45, 7) is 0. The maximum Gasteiger partial charge on any atom is 0.120 e. The van der Waals surface area contributed by atoms with E-state index in [2.05, 4.69) is 38.5 Å². The third-order valence-electron chi connectivity index (χ3n) is 1.13. The topological polar surface area (TPSA) is 9.23 Å². The van der Waals surface area contributed by atoms with Gasteiger partial charge in [0.05, 0.1) is 7.11 Å². The summed E-state index contributed by atoms with van der Waals surface area (Å²) in [5.41, 5.74) is 0. The molecule has 0 aliphatic rings. The van der Waals surface area contributed by atoms with Crippen molar-refractivity contribution in [1.29, 1.82) is 0 Å². The van der Waals surface area contributed by atoms with Crippen LogP contribution in [0.25, 0.3) is 0 Å². The number of rotatable bonds is 1. The van der Waals surface area contributed by atoms with E-state index in [1.807, 2.05) is 18.2 Å². The lowest BCUT2D eigenvalue weighted by molar-refractivity contribution is 0.414. The Morgan fingerprint density at radius 1 is 1.50 bits per heavy atom. The normalized spacial score (nSPS) is 9.50. The molecular formula is C7H6BrIO. The molecule has 0 N–H and O–H groups in total. The molecule has 0 saturated heterocycles. The Morgan fingerprint density at radius 3 is 2.70 bits per heavy atom.